The topological polar surface area (TPSA) is 127 Å². The molecule has 14 heteroatoms. The van der Waals surface area contributed by atoms with Crippen LogP contribution >= 0.6 is 0 Å². The molecule has 0 aliphatic heterocycles. The van der Waals surface area contributed by atoms with E-state index in [1.807, 2.05) is 0 Å². The first-order valence-electron chi connectivity index (χ1n) is 10.3. The molecule has 4 aromatic rings. The quantitative estimate of drug-likeness (QED) is 0.356. The number of hydrogen-bond donors (Lipinski definition) is 2. The lowest BCUT2D eigenvalue weighted by Crippen LogP contribution is -2.44. The molecule has 0 saturated heterocycles. The summed E-state index contributed by atoms with van der Waals surface area (Å²) in [7, 11) is -4.23. The number of nitrogens with one attached hydrogen (secondary N) is 2. The monoisotopic (exact) mass is 523 g/mol. The number of rotatable bonds is 7. The van der Waals surface area contributed by atoms with Gasteiger partial charge in [-0.15, -0.1) is 0 Å². The average Bonchev–Trinajstić information content (AvgIpc) is 3.26. The van der Waals surface area contributed by atoms with E-state index in [1.165, 1.54) is 31.3 Å². The Morgan fingerprint density at radius 2 is 1.81 bits per heavy atom. The molecule has 1 aromatic carbocycles. The van der Waals surface area contributed by atoms with Crippen LogP contribution in [0.3, 0.4) is 0 Å². The number of nitrogens with zero attached hydrogens (tertiary/aromatic N) is 3. The van der Waals surface area contributed by atoms with E-state index in [1.54, 1.807) is 0 Å². The first-order chi connectivity index (χ1) is 16.9. The standard InChI is InChI=1S/C22H17F4N5O4S/c1-12(31-36(33,34)19-8-14-6-16(23)2-3-18(14)35-19)21(32)30-11-17-7-13(4-5-27-17)20-28-9-15(10-29-20)22(24,25)26/h2-10,12,31H,11H2,1H3,(H,30,32)/t12-/m0/s1. The zero-order valence-electron chi connectivity index (χ0n) is 18.4. The van der Waals surface area contributed by atoms with E-state index in [9.17, 15) is 30.8 Å². The smallest absolute Gasteiger partial charge is 0.419 e. The lowest BCUT2D eigenvalue weighted by Gasteiger charge is -2.13. The van der Waals surface area contributed by atoms with Crippen molar-refractivity contribution >= 4 is 26.9 Å². The van der Waals surface area contributed by atoms with Crippen molar-refractivity contribution in [3.05, 3.63) is 72.1 Å². The van der Waals surface area contributed by atoms with Gasteiger partial charge >= 0.3 is 6.18 Å². The van der Waals surface area contributed by atoms with Gasteiger partial charge in [-0.1, -0.05) is 0 Å². The van der Waals surface area contributed by atoms with Gasteiger partial charge in [-0.2, -0.15) is 17.9 Å². The molecule has 3 aromatic heterocycles. The average molecular weight is 523 g/mol. The van der Waals surface area contributed by atoms with Crippen molar-refractivity contribution in [2.24, 2.45) is 0 Å². The van der Waals surface area contributed by atoms with Crippen molar-refractivity contribution < 1.29 is 35.2 Å². The zero-order chi connectivity index (χ0) is 26.1. The summed E-state index contributed by atoms with van der Waals surface area (Å²) in [6.45, 7) is 1.21. The Labute approximate surface area is 201 Å². The Morgan fingerprint density at radius 3 is 2.50 bits per heavy atom. The van der Waals surface area contributed by atoms with Crippen molar-refractivity contribution in [3.8, 4) is 11.4 Å². The van der Waals surface area contributed by atoms with Crippen molar-refractivity contribution in [2.45, 2.75) is 30.8 Å². The Morgan fingerprint density at radius 1 is 1.08 bits per heavy atom. The predicted molar refractivity (Wildman–Crippen MR) is 118 cm³/mol. The lowest BCUT2D eigenvalue weighted by molar-refractivity contribution is -0.138. The van der Waals surface area contributed by atoms with Crippen LogP contribution in [0.1, 0.15) is 18.2 Å². The highest BCUT2D eigenvalue weighted by molar-refractivity contribution is 7.89. The van der Waals surface area contributed by atoms with Gasteiger partial charge in [0.1, 0.15) is 11.4 Å². The molecule has 0 radical (unpaired) electrons. The van der Waals surface area contributed by atoms with Crippen LogP contribution in [0, 0.1) is 5.82 Å². The molecule has 1 amide bonds. The van der Waals surface area contributed by atoms with Crippen LogP contribution in [0.25, 0.3) is 22.4 Å². The predicted octanol–water partition coefficient (Wildman–Crippen LogP) is 3.43. The van der Waals surface area contributed by atoms with Gasteiger partial charge in [0.15, 0.2) is 5.82 Å². The third-order valence-corrected chi connectivity index (χ3v) is 6.34. The van der Waals surface area contributed by atoms with E-state index in [-0.39, 0.29) is 23.3 Å². The van der Waals surface area contributed by atoms with Crippen molar-refractivity contribution in [3.63, 3.8) is 0 Å². The van der Waals surface area contributed by atoms with Crippen LogP contribution in [0.4, 0.5) is 17.6 Å². The van der Waals surface area contributed by atoms with Gasteiger partial charge in [-0.25, -0.2) is 22.8 Å². The largest absolute Gasteiger partial charge is 0.443 e. The summed E-state index contributed by atoms with van der Waals surface area (Å²) in [6.07, 6.45) is -1.87. The van der Waals surface area contributed by atoms with Crippen LogP contribution in [0.15, 0.2) is 64.5 Å². The first-order valence-corrected chi connectivity index (χ1v) is 11.7. The van der Waals surface area contributed by atoms with Gasteiger partial charge < -0.3 is 9.73 Å². The zero-order valence-corrected chi connectivity index (χ0v) is 19.2. The molecule has 9 nitrogen and oxygen atoms in total. The van der Waals surface area contributed by atoms with Crippen LogP contribution in [-0.4, -0.2) is 35.3 Å². The molecular formula is C22H17F4N5O4S. The third-order valence-electron chi connectivity index (χ3n) is 4.94. The third kappa shape index (κ3) is 5.66. The minimum absolute atomic E-state index is 0.0322. The molecule has 0 unspecified atom stereocenters. The number of pyridine rings is 1. The molecule has 36 heavy (non-hydrogen) atoms. The van der Waals surface area contributed by atoms with E-state index in [0.717, 1.165) is 18.2 Å². The van der Waals surface area contributed by atoms with Crippen molar-refractivity contribution in [2.75, 3.05) is 0 Å². The van der Waals surface area contributed by atoms with Crippen LogP contribution < -0.4 is 10.0 Å². The lowest BCUT2D eigenvalue weighted by atomic mass is 10.2. The summed E-state index contributed by atoms with van der Waals surface area (Å²) in [5, 5.41) is 2.28. The van der Waals surface area contributed by atoms with Crippen molar-refractivity contribution in [1.29, 1.82) is 0 Å². The van der Waals surface area contributed by atoms with E-state index in [4.69, 9.17) is 4.42 Å². The SMILES string of the molecule is C[C@H](NS(=O)(=O)c1cc2cc(F)ccc2o1)C(=O)NCc1cc(-c2ncc(C(F)(F)F)cn2)ccn1. The summed E-state index contributed by atoms with van der Waals surface area (Å²) < 4.78 is 84.0. The number of halogens is 4. The van der Waals surface area contributed by atoms with E-state index < -0.39 is 44.6 Å². The number of sulfonamides is 1. The number of furan rings is 1. The maximum Gasteiger partial charge on any atom is 0.419 e. The number of fused-ring (bicyclic) bond motifs is 1. The molecule has 0 aliphatic carbocycles. The molecule has 188 valence electrons. The number of carbonyl (C=O) groups excluding carboxylic acids is 1. The Hall–Kier alpha value is -3.91. The molecule has 0 spiro atoms. The summed E-state index contributed by atoms with van der Waals surface area (Å²) in [6, 6.07) is 6.43. The normalized spacial score (nSPS) is 13.0. The highest BCUT2D eigenvalue weighted by Crippen LogP contribution is 2.28. The molecule has 3 heterocycles. The summed E-state index contributed by atoms with van der Waals surface area (Å²) in [4.78, 5) is 24.0. The fourth-order valence-electron chi connectivity index (χ4n) is 3.13. The number of amides is 1. The molecule has 0 bridgehead atoms. The second-order valence-electron chi connectivity index (χ2n) is 7.64. The van der Waals surface area contributed by atoms with Gasteiger partial charge in [0.05, 0.1) is 23.8 Å². The fourth-order valence-corrected chi connectivity index (χ4v) is 4.31. The van der Waals surface area contributed by atoms with Crippen LogP contribution in [0.2, 0.25) is 0 Å². The summed E-state index contributed by atoms with van der Waals surface area (Å²) in [5.74, 6) is -1.21. The minimum atomic E-state index is -4.56. The maximum atomic E-state index is 13.4. The molecule has 0 aliphatic rings. The van der Waals surface area contributed by atoms with E-state index >= 15 is 0 Å². The number of aromatic nitrogens is 3. The van der Waals surface area contributed by atoms with Gasteiger partial charge in [-0.3, -0.25) is 9.78 Å². The number of hydrogen-bond acceptors (Lipinski definition) is 7. The number of benzene rings is 1. The second-order valence-corrected chi connectivity index (χ2v) is 9.28. The van der Waals surface area contributed by atoms with Crippen LogP contribution in [0.5, 0.6) is 0 Å². The van der Waals surface area contributed by atoms with E-state index in [0.29, 0.717) is 23.7 Å². The van der Waals surface area contributed by atoms with E-state index in [2.05, 4.69) is 25.0 Å². The Kier molecular flexibility index (Phi) is 6.73. The Bertz CT molecular complexity index is 1520. The molecule has 0 fully saturated rings. The molecule has 0 saturated carbocycles. The van der Waals surface area contributed by atoms with Crippen molar-refractivity contribution in [1.82, 2.24) is 25.0 Å². The molecule has 2 N–H and O–H groups in total. The summed E-state index contributed by atoms with van der Waals surface area (Å²) in [5.41, 5.74) is -0.118. The van der Waals surface area contributed by atoms with Gasteiger partial charge in [0.2, 0.25) is 11.0 Å². The summed E-state index contributed by atoms with van der Waals surface area (Å²) >= 11 is 0. The molecule has 1 atom stereocenters. The van der Waals surface area contributed by atoms with Crippen LogP contribution in [-0.2, 0) is 27.5 Å². The minimum Gasteiger partial charge on any atom is -0.443 e. The first kappa shape index (κ1) is 25.2. The van der Waals surface area contributed by atoms with Gasteiger partial charge in [0.25, 0.3) is 10.0 Å². The number of carbonyl (C=O) groups is 1. The van der Waals surface area contributed by atoms with Gasteiger partial charge in [-0.05, 0) is 37.3 Å². The molecule has 4 rings (SSSR count). The number of alkyl halides is 3. The highest BCUT2D eigenvalue weighted by atomic mass is 32.2. The Balaban J connectivity index is 1.39. The second kappa shape index (κ2) is 9.62. The van der Waals surface area contributed by atoms with Gasteiger partial charge in [0, 0.05) is 35.6 Å². The molecular weight excluding hydrogens is 506 g/mol. The fraction of sp³-hybridized carbons (Fsp3) is 0.182. The highest BCUT2D eigenvalue weighted by Gasteiger charge is 2.31. The maximum absolute atomic E-state index is 13.4.